The fraction of sp³-hybridized carbons (Fsp3) is 0.391. The van der Waals surface area contributed by atoms with Gasteiger partial charge in [-0.25, -0.2) is 8.78 Å². The first-order chi connectivity index (χ1) is 13.8. The van der Waals surface area contributed by atoms with E-state index in [9.17, 15) is 18.4 Å². The van der Waals surface area contributed by atoms with Crippen LogP contribution in [0.4, 0.5) is 8.78 Å². The quantitative estimate of drug-likeness (QED) is 0.682. The number of benzene rings is 2. The van der Waals surface area contributed by atoms with Crippen molar-refractivity contribution in [2.45, 2.75) is 58.7 Å². The molecule has 0 aromatic heterocycles. The summed E-state index contributed by atoms with van der Waals surface area (Å²) in [4.78, 5) is 27.4. The van der Waals surface area contributed by atoms with E-state index in [-0.39, 0.29) is 42.5 Å². The maximum Gasteiger partial charge on any atom is 0.243 e. The summed E-state index contributed by atoms with van der Waals surface area (Å²) in [7, 11) is 0. The molecule has 0 saturated heterocycles. The van der Waals surface area contributed by atoms with Crippen LogP contribution in [0.3, 0.4) is 0 Å². The van der Waals surface area contributed by atoms with Crippen molar-refractivity contribution in [3.63, 3.8) is 0 Å². The van der Waals surface area contributed by atoms with Crippen LogP contribution in [0.5, 0.6) is 0 Å². The molecule has 0 heterocycles. The summed E-state index contributed by atoms with van der Waals surface area (Å²) >= 11 is 0. The zero-order valence-corrected chi connectivity index (χ0v) is 17.1. The van der Waals surface area contributed by atoms with Crippen molar-refractivity contribution in [3.8, 4) is 0 Å². The lowest BCUT2D eigenvalue weighted by atomic mass is 10.1. The highest BCUT2D eigenvalue weighted by molar-refractivity contribution is 5.88. The van der Waals surface area contributed by atoms with Crippen LogP contribution in [0.2, 0.25) is 0 Å². The fourth-order valence-electron chi connectivity index (χ4n) is 3.03. The van der Waals surface area contributed by atoms with Crippen molar-refractivity contribution in [1.82, 2.24) is 10.2 Å². The Labute approximate surface area is 170 Å². The normalized spacial score (nSPS) is 12.9. The van der Waals surface area contributed by atoms with Gasteiger partial charge in [0.25, 0.3) is 0 Å². The maximum absolute atomic E-state index is 13.3. The lowest BCUT2D eigenvalue weighted by Gasteiger charge is -2.31. The van der Waals surface area contributed by atoms with Crippen molar-refractivity contribution in [1.29, 1.82) is 0 Å². The first-order valence-corrected chi connectivity index (χ1v) is 9.92. The Kier molecular flexibility index (Phi) is 8.31. The number of hydrogen-bond acceptors (Lipinski definition) is 2. The van der Waals surface area contributed by atoms with Gasteiger partial charge >= 0.3 is 0 Å². The Morgan fingerprint density at radius 1 is 0.897 bits per heavy atom. The van der Waals surface area contributed by atoms with Gasteiger partial charge in [0.05, 0.1) is 6.42 Å². The van der Waals surface area contributed by atoms with Crippen molar-refractivity contribution < 1.29 is 18.4 Å². The zero-order chi connectivity index (χ0) is 21.4. The molecule has 2 unspecified atom stereocenters. The summed E-state index contributed by atoms with van der Waals surface area (Å²) in [6, 6.07) is 10.9. The number of rotatable bonds is 9. The maximum atomic E-state index is 13.3. The molecule has 0 aliphatic carbocycles. The summed E-state index contributed by atoms with van der Waals surface area (Å²) in [6.07, 6.45) is 1.27. The van der Waals surface area contributed by atoms with Crippen molar-refractivity contribution in [2.24, 2.45) is 0 Å². The molecule has 0 aliphatic heterocycles. The van der Waals surface area contributed by atoms with Crippen LogP contribution < -0.4 is 5.32 Å². The Balaban J connectivity index is 2.26. The lowest BCUT2D eigenvalue weighted by molar-refractivity contribution is -0.141. The molecule has 1 N–H and O–H groups in total. The van der Waals surface area contributed by atoms with E-state index in [2.05, 4.69) is 5.32 Å². The molecule has 0 bridgehead atoms. The van der Waals surface area contributed by atoms with Gasteiger partial charge in [-0.3, -0.25) is 9.59 Å². The van der Waals surface area contributed by atoms with E-state index in [4.69, 9.17) is 0 Å². The Bertz CT molecular complexity index is 807. The van der Waals surface area contributed by atoms with Gasteiger partial charge in [0.1, 0.15) is 17.7 Å². The third-order valence-electron chi connectivity index (χ3n) is 4.92. The smallest absolute Gasteiger partial charge is 0.243 e. The topological polar surface area (TPSA) is 49.4 Å². The average molecular weight is 402 g/mol. The second kappa shape index (κ2) is 10.7. The predicted molar refractivity (Wildman–Crippen MR) is 109 cm³/mol. The highest BCUT2D eigenvalue weighted by Gasteiger charge is 2.29. The molecule has 2 atom stereocenters. The van der Waals surface area contributed by atoms with E-state index in [1.165, 1.54) is 29.2 Å². The van der Waals surface area contributed by atoms with E-state index < -0.39 is 6.04 Å². The largest absolute Gasteiger partial charge is 0.352 e. The molecule has 29 heavy (non-hydrogen) atoms. The predicted octanol–water partition coefficient (Wildman–Crippen LogP) is 4.23. The molecule has 0 spiro atoms. The summed E-state index contributed by atoms with van der Waals surface area (Å²) < 4.78 is 26.4. The third kappa shape index (κ3) is 6.66. The second-order valence-electron chi connectivity index (χ2n) is 7.19. The molecule has 0 fully saturated rings. The highest BCUT2D eigenvalue weighted by atomic mass is 19.1. The molecule has 0 radical (unpaired) electrons. The minimum Gasteiger partial charge on any atom is -0.352 e. The molecule has 156 valence electrons. The van der Waals surface area contributed by atoms with E-state index in [0.29, 0.717) is 12.0 Å². The van der Waals surface area contributed by atoms with Crippen molar-refractivity contribution >= 4 is 11.8 Å². The molecule has 2 amide bonds. The monoisotopic (exact) mass is 402 g/mol. The van der Waals surface area contributed by atoms with Gasteiger partial charge in [0.2, 0.25) is 11.8 Å². The Hall–Kier alpha value is -2.76. The SMILES string of the molecule is CCC(C)NC(=O)C(CC)N(Cc1ccc(F)cc1)C(=O)Cc1ccc(F)cc1. The number of carbonyl (C=O) groups is 2. The average Bonchev–Trinajstić information content (AvgIpc) is 2.70. The first kappa shape index (κ1) is 22.5. The van der Waals surface area contributed by atoms with Crippen LogP contribution in [0, 0.1) is 11.6 Å². The van der Waals surface area contributed by atoms with Gasteiger partial charge < -0.3 is 10.2 Å². The number of carbonyl (C=O) groups excluding carboxylic acids is 2. The van der Waals surface area contributed by atoms with Gasteiger partial charge in [0.15, 0.2) is 0 Å². The first-order valence-electron chi connectivity index (χ1n) is 9.92. The van der Waals surface area contributed by atoms with E-state index in [1.807, 2.05) is 20.8 Å². The van der Waals surface area contributed by atoms with Gasteiger partial charge in [-0.2, -0.15) is 0 Å². The summed E-state index contributed by atoms with van der Waals surface area (Å²) in [5, 5.41) is 2.94. The Morgan fingerprint density at radius 3 is 1.90 bits per heavy atom. The number of halogens is 2. The molecule has 2 rings (SSSR count). The molecule has 6 heteroatoms. The minimum atomic E-state index is -0.651. The van der Waals surface area contributed by atoms with Crippen LogP contribution >= 0.6 is 0 Å². The van der Waals surface area contributed by atoms with Crippen LogP contribution in [-0.4, -0.2) is 28.8 Å². The van der Waals surface area contributed by atoms with Crippen LogP contribution in [-0.2, 0) is 22.6 Å². The zero-order valence-electron chi connectivity index (χ0n) is 17.1. The van der Waals surface area contributed by atoms with Crippen LogP contribution in [0.1, 0.15) is 44.7 Å². The molecular weight excluding hydrogens is 374 g/mol. The molecular formula is C23H28F2N2O2. The number of nitrogens with zero attached hydrogens (tertiary/aromatic N) is 1. The van der Waals surface area contributed by atoms with Crippen molar-refractivity contribution in [2.75, 3.05) is 0 Å². The van der Waals surface area contributed by atoms with Gasteiger partial charge in [-0.05, 0) is 55.2 Å². The summed E-state index contributed by atoms with van der Waals surface area (Å²) in [5.74, 6) is -1.19. The van der Waals surface area contributed by atoms with Crippen LogP contribution in [0.15, 0.2) is 48.5 Å². The van der Waals surface area contributed by atoms with E-state index >= 15 is 0 Å². The number of amides is 2. The number of hydrogen-bond donors (Lipinski definition) is 1. The molecule has 0 aliphatic rings. The molecule has 0 saturated carbocycles. The van der Waals surface area contributed by atoms with Gasteiger partial charge in [0, 0.05) is 12.6 Å². The Morgan fingerprint density at radius 2 is 1.41 bits per heavy atom. The molecule has 2 aromatic rings. The van der Waals surface area contributed by atoms with E-state index in [1.54, 1.807) is 24.3 Å². The van der Waals surface area contributed by atoms with Gasteiger partial charge in [-0.15, -0.1) is 0 Å². The molecule has 4 nitrogen and oxygen atoms in total. The van der Waals surface area contributed by atoms with Crippen molar-refractivity contribution in [3.05, 3.63) is 71.3 Å². The lowest BCUT2D eigenvalue weighted by Crippen LogP contribution is -2.51. The van der Waals surface area contributed by atoms with E-state index in [0.717, 1.165) is 12.0 Å². The third-order valence-corrected chi connectivity index (χ3v) is 4.92. The summed E-state index contributed by atoms with van der Waals surface area (Å²) in [6.45, 7) is 5.92. The fourth-order valence-corrected chi connectivity index (χ4v) is 3.03. The summed E-state index contributed by atoms with van der Waals surface area (Å²) in [5.41, 5.74) is 1.39. The highest BCUT2D eigenvalue weighted by Crippen LogP contribution is 2.16. The standard InChI is InChI=1S/C23H28F2N2O2/c1-4-16(3)26-23(29)21(5-2)27(15-18-8-12-20(25)13-9-18)22(28)14-17-6-10-19(24)11-7-17/h6-13,16,21H,4-5,14-15H2,1-3H3,(H,26,29). The number of nitrogens with one attached hydrogen (secondary N) is 1. The minimum absolute atomic E-state index is 0.00331. The second-order valence-corrected chi connectivity index (χ2v) is 7.19. The van der Waals surface area contributed by atoms with Gasteiger partial charge in [-0.1, -0.05) is 38.1 Å². The van der Waals surface area contributed by atoms with Crippen LogP contribution in [0.25, 0.3) is 0 Å². The molecule has 2 aromatic carbocycles.